The highest BCUT2D eigenvalue weighted by Gasteiger charge is 2.05. The van der Waals surface area contributed by atoms with E-state index < -0.39 is 0 Å². The van der Waals surface area contributed by atoms with Gasteiger partial charge in [-0.25, -0.2) is 4.68 Å². The number of nitrogens with two attached hydrogens (primary N) is 1. The second-order valence-corrected chi connectivity index (χ2v) is 3.67. The number of nitrogen functional groups attached to an aromatic ring is 1. The van der Waals surface area contributed by atoms with Gasteiger partial charge in [0.1, 0.15) is 5.82 Å². The summed E-state index contributed by atoms with van der Waals surface area (Å²) in [6.07, 6.45) is 5.42. The first-order valence-electron chi connectivity index (χ1n) is 4.86. The third-order valence-corrected chi connectivity index (χ3v) is 2.54. The molecular weight excluding hydrogens is 188 g/mol. The molecule has 0 fully saturated rings. The van der Waals surface area contributed by atoms with Crippen LogP contribution in [0.1, 0.15) is 16.7 Å². The van der Waals surface area contributed by atoms with Crippen LogP contribution in [0.25, 0.3) is 0 Å². The molecule has 4 nitrogen and oxygen atoms in total. The number of hydrogen-bond donors (Lipinski definition) is 1. The van der Waals surface area contributed by atoms with Crippen LogP contribution in [0, 0.1) is 13.8 Å². The monoisotopic (exact) mass is 202 g/mol. The Morgan fingerprint density at radius 2 is 2.07 bits per heavy atom. The molecule has 2 heterocycles. The summed E-state index contributed by atoms with van der Waals surface area (Å²) in [4.78, 5) is 4.10. The molecule has 2 rings (SSSR count). The standard InChI is InChI=1S/C11H14N4/c1-8-3-4-13-6-10(8)7-15-11(12)9(2)5-14-15/h3-6H,7,12H2,1-2H3. The summed E-state index contributed by atoms with van der Waals surface area (Å²) in [5.74, 6) is 0.721. The lowest BCUT2D eigenvalue weighted by Crippen LogP contribution is -2.07. The van der Waals surface area contributed by atoms with Crippen LogP contribution < -0.4 is 5.73 Å². The predicted molar refractivity (Wildman–Crippen MR) is 59.5 cm³/mol. The zero-order chi connectivity index (χ0) is 10.8. The first-order chi connectivity index (χ1) is 7.18. The Balaban J connectivity index is 2.30. The minimum absolute atomic E-state index is 0.680. The molecule has 78 valence electrons. The van der Waals surface area contributed by atoms with Gasteiger partial charge in [0, 0.05) is 18.0 Å². The zero-order valence-electron chi connectivity index (χ0n) is 8.94. The average molecular weight is 202 g/mol. The van der Waals surface area contributed by atoms with Gasteiger partial charge in [0.15, 0.2) is 0 Å². The summed E-state index contributed by atoms with van der Waals surface area (Å²) < 4.78 is 1.79. The second-order valence-electron chi connectivity index (χ2n) is 3.67. The van der Waals surface area contributed by atoms with Crippen LogP contribution in [0.15, 0.2) is 24.7 Å². The van der Waals surface area contributed by atoms with Crippen molar-refractivity contribution in [2.75, 3.05) is 5.73 Å². The molecule has 0 aliphatic heterocycles. The molecule has 0 radical (unpaired) electrons. The molecule has 0 bridgehead atoms. The SMILES string of the molecule is Cc1ccncc1Cn1ncc(C)c1N. The van der Waals surface area contributed by atoms with Crippen molar-refractivity contribution in [3.8, 4) is 0 Å². The van der Waals surface area contributed by atoms with E-state index in [1.54, 1.807) is 17.1 Å². The molecule has 0 saturated carbocycles. The van der Waals surface area contributed by atoms with Crippen molar-refractivity contribution in [1.29, 1.82) is 0 Å². The number of rotatable bonds is 2. The van der Waals surface area contributed by atoms with Gasteiger partial charge >= 0.3 is 0 Å². The Labute approximate surface area is 88.8 Å². The Morgan fingerprint density at radius 1 is 1.27 bits per heavy atom. The highest BCUT2D eigenvalue weighted by Crippen LogP contribution is 2.13. The summed E-state index contributed by atoms with van der Waals surface area (Å²) in [5, 5.41) is 4.22. The van der Waals surface area contributed by atoms with Gasteiger partial charge < -0.3 is 5.73 Å². The van der Waals surface area contributed by atoms with Gasteiger partial charge in [0.2, 0.25) is 0 Å². The van der Waals surface area contributed by atoms with Crippen LogP contribution in [0.4, 0.5) is 5.82 Å². The van der Waals surface area contributed by atoms with Crippen LogP contribution in [-0.4, -0.2) is 14.8 Å². The third-order valence-electron chi connectivity index (χ3n) is 2.54. The summed E-state index contributed by atoms with van der Waals surface area (Å²) in [6.45, 7) is 4.69. The van der Waals surface area contributed by atoms with Gasteiger partial charge in [-0.2, -0.15) is 5.10 Å². The normalized spacial score (nSPS) is 10.5. The summed E-state index contributed by atoms with van der Waals surface area (Å²) in [6, 6.07) is 1.99. The van der Waals surface area contributed by atoms with Gasteiger partial charge in [-0.1, -0.05) is 0 Å². The van der Waals surface area contributed by atoms with E-state index in [0.29, 0.717) is 6.54 Å². The van der Waals surface area contributed by atoms with E-state index >= 15 is 0 Å². The van der Waals surface area contributed by atoms with Crippen LogP contribution in [0.3, 0.4) is 0 Å². The first kappa shape index (κ1) is 9.71. The predicted octanol–water partition coefficient (Wildman–Crippen LogP) is 1.53. The van der Waals surface area contributed by atoms with Gasteiger partial charge in [0.25, 0.3) is 0 Å². The molecule has 15 heavy (non-hydrogen) atoms. The lowest BCUT2D eigenvalue weighted by Gasteiger charge is -2.06. The second kappa shape index (κ2) is 3.73. The Bertz CT molecular complexity index is 473. The van der Waals surface area contributed by atoms with Gasteiger partial charge in [-0.3, -0.25) is 4.98 Å². The number of nitrogens with zero attached hydrogens (tertiary/aromatic N) is 3. The van der Waals surface area contributed by atoms with Crippen molar-refractivity contribution >= 4 is 5.82 Å². The van der Waals surface area contributed by atoms with Crippen LogP contribution >= 0.6 is 0 Å². The first-order valence-corrected chi connectivity index (χ1v) is 4.86. The fraction of sp³-hybridized carbons (Fsp3) is 0.273. The zero-order valence-corrected chi connectivity index (χ0v) is 8.94. The number of anilines is 1. The van der Waals surface area contributed by atoms with E-state index in [-0.39, 0.29) is 0 Å². The van der Waals surface area contributed by atoms with Gasteiger partial charge in [0.05, 0.1) is 12.7 Å². The maximum Gasteiger partial charge on any atom is 0.124 e. The highest BCUT2D eigenvalue weighted by atomic mass is 15.3. The molecule has 0 amide bonds. The van der Waals surface area contributed by atoms with Gasteiger partial charge in [-0.15, -0.1) is 0 Å². The van der Waals surface area contributed by atoms with Crippen molar-refractivity contribution in [2.24, 2.45) is 0 Å². The smallest absolute Gasteiger partial charge is 0.124 e. The molecule has 0 saturated heterocycles. The largest absolute Gasteiger partial charge is 0.384 e. The van der Waals surface area contributed by atoms with Crippen molar-refractivity contribution in [3.63, 3.8) is 0 Å². The quantitative estimate of drug-likeness (QED) is 0.803. The topological polar surface area (TPSA) is 56.7 Å². The summed E-state index contributed by atoms with van der Waals surface area (Å²) in [7, 11) is 0. The summed E-state index contributed by atoms with van der Waals surface area (Å²) in [5.41, 5.74) is 9.24. The number of pyridine rings is 1. The Hall–Kier alpha value is -1.84. The fourth-order valence-electron chi connectivity index (χ4n) is 1.44. The lowest BCUT2D eigenvalue weighted by molar-refractivity contribution is 0.692. The summed E-state index contributed by atoms with van der Waals surface area (Å²) >= 11 is 0. The maximum absolute atomic E-state index is 5.88. The Morgan fingerprint density at radius 3 is 2.67 bits per heavy atom. The van der Waals surface area contributed by atoms with E-state index in [1.807, 2.05) is 19.2 Å². The number of aryl methyl sites for hydroxylation is 2. The number of hydrogen-bond acceptors (Lipinski definition) is 3. The molecule has 0 atom stereocenters. The van der Waals surface area contributed by atoms with Crippen molar-refractivity contribution < 1.29 is 0 Å². The average Bonchev–Trinajstić information content (AvgIpc) is 2.53. The molecule has 2 aromatic heterocycles. The minimum Gasteiger partial charge on any atom is -0.384 e. The van der Waals surface area contributed by atoms with E-state index in [1.165, 1.54) is 5.56 Å². The molecule has 0 aromatic carbocycles. The highest BCUT2D eigenvalue weighted by molar-refractivity contribution is 5.38. The lowest BCUT2D eigenvalue weighted by atomic mass is 10.1. The molecule has 4 heteroatoms. The van der Waals surface area contributed by atoms with Crippen molar-refractivity contribution in [3.05, 3.63) is 41.3 Å². The number of aromatic nitrogens is 3. The third kappa shape index (κ3) is 1.83. The van der Waals surface area contributed by atoms with E-state index in [0.717, 1.165) is 16.9 Å². The van der Waals surface area contributed by atoms with Crippen molar-refractivity contribution in [2.45, 2.75) is 20.4 Å². The van der Waals surface area contributed by atoms with Crippen LogP contribution in [0.5, 0.6) is 0 Å². The minimum atomic E-state index is 0.680. The Kier molecular flexibility index (Phi) is 2.41. The van der Waals surface area contributed by atoms with E-state index in [9.17, 15) is 0 Å². The van der Waals surface area contributed by atoms with Crippen LogP contribution in [0.2, 0.25) is 0 Å². The van der Waals surface area contributed by atoms with E-state index in [4.69, 9.17) is 5.73 Å². The molecule has 0 unspecified atom stereocenters. The molecule has 2 N–H and O–H groups in total. The maximum atomic E-state index is 5.88. The molecule has 0 spiro atoms. The molecule has 2 aromatic rings. The van der Waals surface area contributed by atoms with E-state index in [2.05, 4.69) is 17.0 Å². The van der Waals surface area contributed by atoms with Crippen LogP contribution in [-0.2, 0) is 6.54 Å². The fourth-order valence-corrected chi connectivity index (χ4v) is 1.44. The molecular formula is C11H14N4. The molecule has 0 aliphatic carbocycles. The van der Waals surface area contributed by atoms with Gasteiger partial charge in [-0.05, 0) is 31.0 Å². The molecule has 0 aliphatic rings. The van der Waals surface area contributed by atoms with Crippen molar-refractivity contribution in [1.82, 2.24) is 14.8 Å².